The Hall–Kier alpha value is -1.89. The van der Waals surface area contributed by atoms with Gasteiger partial charge in [-0.05, 0) is 38.5 Å². The minimum atomic E-state index is -0.623. The molecule has 1 aliphatic heterocycles. The molecule has 0 saturated carbocycles. The zero-order chi connectivity index (χ0) is 27.0. The van der Waals surface area contributed by atoms with E-state index in [1.54, 1.807) is 32.2 Å². The van der Waals surface area contributed by atoms with Gasteiger partial charge in [0.15, 0.2) is 4.34 Å². The summed E-state index contributed by atoms with van der Waals surface area (Å²) in [5.74, 6) is -0.993. The lowest BCUT2D eigenvalue weighted by Crippen LogP contribution is -2.47. The van der Waals surface area contributed by atoms with E-state index in [0.717, 1.165) is 18.7 Å². The second kappa shape index (κ2) is 13.8. The predicted molar refractivity (Wildman–Crippen MR) is 146 cm³/mol. The van der Waals surface area contributed by atoms with Crippen LogP contribution >= 0.6 is 46.3 Å². The van der Waals surface area contributed by atoms with E-state index < -0.39 is 17.5 Å². The highest BCUT2D eigenvalue weighted by Crippen LogP contribution is 2.24. The van der Waals surface area contributed by atoms with Gasteiger partial charge in [-0.2, -0.15) is 0 Å². The lowest BCUT2D eigenvalue weighted by atomic mass is 10.2. The molecular formula is C24H30Cl2N4O5S2. The molecule has 2 aromatic rings. The van der Waals surface area contributed by atoms with Crippen LogP contribution < -0.4 is 10.6 Å². The Kier molecular flexibility index (Phi) is 11.0. The molecule has 1 aromatic carbocycles. The lowest BCUT2D eigenvalue weighted by molar-refractivity contribution is -0.153. The average Bonchev–Trinajstić information content (AvgIpc) is 3.31. The molecule has 0 aliphatic carbocycles. The summed E-state index contributed by atoms with van der Waals surface area (Å²) in [6.45, 7) is 8.18. The SMILES string of the molecule is CC(C)(C)OC(=O)CNC(=O)c1csc(SCC(=O)NCC2CN(Cc3ccc(Cl)c(Cl)c3)CCO2)n1. The maximum atomic E-state index is 12.4. The fraction of sp³-hybridized carbons (Fsp3) is 0.500. The standard InChI is InChI=1S/C24H30Cl2N4O5S2/c1-24(2,3)35-21(32)10-28-22(33)19-13-36-23(29-19)37-14-20(31)27-9-16-12-30(6-7-34-16)11-15-4-5-17(25)18(26)8-15/h4-5,8,13,16H,6-7,9-12,14H2,1-3H3,(H,27,31)(H,28,33). The maximum Gasteiger partial charge on any atom is 0.325 e. The first-order valence-electron chi connectivity index (χ1n) is 11.6. The van der Waals surface area contributed by atoms with E-state index in [1.165, 1.54) is 23.1 Å². The largest absolute Gasteiger partial charge is 0.459 e. The molecule has 1 aliphatic rings. The van der Waals surface area contributed by atoms with Crippen LogP contribution in [-0.4, -0.2) is 77.9 Å². The van der Waals surface area contributed by atoms with Gasteiger partial charge in [-0.25, -0.2) is 4.98 Å². The number of hydrogen-bond donors (Lipinski definition) is 2. The van der Waals surface area contributed by atoms with Gasteiger partial charge in [0.25, 0.3) is 5.91 Å². The number of morpholine rings is 1. The number of esters is 1. The Morgan fingerprint density at radius 3 is 2.76 bits per heavy atom. The summed E-state index contributed by atoms with van der Waals surface area (Å²) < 4.78 is 11.5. The number of rotatable bonds is 10. The summed E-state index contributed by atoms with van der Waals surface area (Å²) in [7, 11) is 0. The van der Waals surface area contributed by atoms with E-state index in [2.05, 4.69) is 20.5 Å². The molecule has 1 aromatic heterocycles. The van der Waals surface area contributed by atoms with Crippen molar-refractivity contribution in [1.82, 2.24) is 20.5 Å². The lowest BCUT2D eigenvalue weighted by Gasteiger charge is -2.33. The number of thioether (sulfide) groups is 1. The normalized spacial score (nSPS) is 16.3. The Bertz CT molecular complexity index is 1110. The highest BCUT2D eigenvalue weighted by Gasteiger charge is 2.22. The van der Waals surface area contributed by atoms with Gasteiger partial charge in [0.1, 0.15) is 17.8 Å². The van der Waals surface area contributed by atoms with Crippen LogP contribution in [0.5, 0.6) is 0 Å². The van der Waals surface area contributed by atoms with E-state index in [0.29, 0.717) is 34.1 Å². The van der Waals surface area contributed by atoms with E-state index in [9.17, 15) is 14.4 Å². The topological polar surface area (TPSA) is 110 Å². The van der Waals surface area contributed by atoms with Gasteiger partial charge >= 0.3 is 5.97 Å². The molecule has 13 heteroatoms. The number of ether oxygens (including phenoxy) is 2. The Morgan fingerprint density at radius 1 is 1.24 bits per heavy atom. The Morgan fingerprint density at radius 2 is 2.03 bits per heavy atom. The van der Waals surface area contributed by atoms with Crippen LogP contribution in [0.1, 0.15) is 36.8 Å². The average molecular weight is 590 g/mol. The monoisotopic (exact) mass is 588 g/mol. The number of aromatic nitrogens is 1. The number of nitrogens with zero attached hydrogens (tertiary/aromatic N) is 2. The molecule has 0 radical (unpaired) electrons. The second-order valence-corrected chi connectivity index (χ2v) is 12.2. The Labute approximate surface area is 234 Å². The van der Waals surface area contributed by atoms with Gasteiger partial charge in [0.2, 0.25) is 5.91 Å². The van der Waals surface area contributed by atoms with Crippen molar-refractivity contribution >= 4 is 64.1 Å². The molecule has 1 fully saturated rings. The molecule has 9 nitrogen and oxygen atoms in total. The predicted octanol–water partition coefficient (Wildman–Crippen LogP) is 3.63. The Balaban J connectivity index is 1.36. The summed E-state index contributed by atoms with van der Waals surface area (Å²) >= 11 is 14.6. The fourth-order valence-corrected chi connectivity index (χ4v) is 5.35. The highest BCUT2D eigenvalue weighted by atomic mass is 35.5. The number of carbonyl (C=O) groups excluding carboxylic acids is 3. The van der Waals surface area contributed by atoms with E-state index in [4.69, 9.17) is 32.7 Å². The molecule has 2 heterocycles. The number of amides is 2. The number of carbonyl (C=O) groups is 3. The molecule has 1 saturated heterocycles. The van der Waals surface area contributed by atoms with Crippen molar-refractivity contribution in [2.24, 2.45) is 0 Å². The number of hydrogen-bond acceptors (Lipinski definition) is 9. The van der Waals surface area contributed by atoms with E-state index in [-0.39, 0.29) is 30.0 Å². The first-order valence-corrected chi connectivity index (χ1v) is 14.2. The molecular weight excluding hydrogens is 559 g/mol. The molecule has 0 bridgehead atoms. The van der Waals surface area contributed by atoms with Crippen molar-refractivity contribution in [1.29, 1.82) is 0 Å². The van der Waals surface area contributed by atoms with Gasteiger partial charge in [-0.1, -0.05) is 41.0 Å². The van der Waals surface area contributed by atoms with Gasteiger partial charge in [-0.15, -0.1) is 11.3 Å². The van der Waals surface area contributed by atoms with Crippen LogP contribution in [0.4, 0.5) is 0 Å². The first kappa shape index (κ1) is 29.7. The smallest absolute Gasteiger partial charge is 0.325 e. The highest BCUT2D eigenvalue weighted by molar-refractivity contribution is 8.01. The number of benzene rings is 1. The van der Waals surface area contributed by atoms with Crippen molar-refractivity contribution in [2.75, 3.05) is 38.5 Å². The third kappa shape index (κ3) is 10.4. The van der Waals surface area contributed by atoms with Crippen LogP contribution in [0.25, 0.3) is 0 Å². The van der Waals surface area contributed by atoms with Gasteiger partial charge in [-0.3, -0.25) is 19.3 Å². The zero-order valence-corrected chi connectivity index (χ0v) is 24.0. The van der Waals surface area contributed by atoms with Crippen molar-refractivity contribution in [3.05, 3.63) is 44.9 Å². The zero-order valence-electron chi connectivity index (χ0n) is 20.8. The van der Waals surface area contributed by atoms with Crippen molar-refractivity contribution in [3.8, 4) is 0 Å². The van der Waals surface area contributed by atoms with Crippen LogP contribution in [0.15, 0.2) is 27.9 Å². The molecule has 2 amide bonds. The summed E-state index contributed by atoms with van der Waals surface area (Å²) in [4.78, 5) is 42.8. The third-order valence-corrected chi connectivity index (χ3v) is 7.76. The third-order valence-electron chi connectivity index (χ3n) is 5.00. The molecule has 0 spiro atoms. The second-order valence-electron chi connectivity index (χ2n) is 9.34. The summed E-state index contributed by atoms with van der Waals surface area (Å²) in [6.07, 6.45) is -0.120. The fourth-order valence-electron chi connectivity index (χ4n) is 3.40. The number of halogens is 2. The summed E-state index contributed by atoms with van der Waals surface area (Å²) in [5.41, 5.74) is 0.632. The van der Waals surface area contributed by atoms with Crippen LogP contribution in [0.2, 0.25) is 10.0 Å². The van der Waals surface area contributed by atoms with Gasteiger partial charge in [0, 0.05) is 31.6 Å². The van der Waals surface area contributed by atoms with Crippen molar-refractivity contribution in [3.63, 3.8) is 0 Å². The summed E-state index contributed by atoms with van der Waals surface area (Å²) in [5, 5.41) is 8.04. The minimum Gasteiger partial charge on any atom is -0.459 e. The van der Waals surface area contributed by atoms with Crippen molar-refractivity contribution < 1.29 is 23.9 Å². The maximum absolute atomic E-state index is 12.4. The van der Waals surface area contributed by atoms with E-state index >= 15 is 0 Å². The van der Waals surface area contributed by atoms with Crippen LogP contribution in [0.3, 0.4) is 0 Å². The molecule has 2 N–H and O–H groups in total. The number of thiazole rings is 1. The first-order chi connectivity index (χ1) is 17.5. The van der Waals surface area contributed by atoms with Crippen LogP contribution in [-0.2, 0) is 25.6 Å². The molecule has 202 valence electrons. The molecule has 1 unspecified atom stereocenters. The number of nitrogens with one attached hydrogen (secondary N) is 2. The molecule has 37 heavy (non-hydrogen) atoms. The van der Waals surface area contributed by atoms with Crippen molar-refractivity contribution in [2.45, 2.75) is 43.4 Å². The molecule has 1 atom stereocenters. The summed E-state index contributed by atoms with van der Waals surface area (Å²) in [6, 6.07) is 5.60. The van der Waals surface area contributed by atoms with E-state index in [1.807, 2.05) is 12.1 Å². The molecule has 3 rings (SSSR count). The van der Waals surface area contributed by atoms with Gasteiger partial charge < -0.3 is 20.1 Å². The minimum absolute atomic E-state index is 0.120. The quantitative estimate of drug-likeness (QED) is 0.320. The van der Waals surface area contributed by atoms with Gasteiger partial charge in [0.05, 0.1) is 28.5 Å². The van der Waals surface area contributed by atoms with Crippen LogP contribution in [0, 0.1) is 0 Å².